The van der Waals surface area contributed by atoms with Crippen molar-refractivity contribution in [2.75, 3.05) is 31.1 Å². The zero-order valence-electron chi connectivity index (χ0n) is 15.5. The van der Waals surface area contributed by atoms with Gasteiger partial charge in [0.05, 0.1) is 12.0 Å². The number of piperazine rings is 1. The molecule has 2 fully saturated rings. The van der Waals surface area contributed by atoms with E-state index in [0.29, 0.717) is 19.6 Å². The summed E-state index contributed by atoms with van der Waals surface area (Å²) in [5.41, 5.74) is 3.04. The number of carbonyl (C=O) groups is 2. The minimum Gasteiger partial charge on any atom is -0.333 e. The Balaban J connectivity index is 1.51. The first-order valence-corrected chi connectivity index (χ1v) is 9.41. The van der Waals surface area contributed by atoms with Crippen molar-refractivity contribution in [3.8, 4) is 0 Å². The lowest BCUT2D eigenvalue weighted by molar-refractivity contribution is -0.139. The van der Waals surface area contributed by atoms with Gasteiger partial charge in [-0.2, -0.15) is 0 Å². The maximum absolute atomic E-state index is 13.3. The lowest BCUT2D eigenvalue weighted by atomic mass is 10.0. The Labute approximate surface area is 159 Å². The second kappa shape index (κ2) is 7.48. The highest BCUT2D eigenvalue weighted by Gasteiger charge is 2.39. The highest BCUT2D eigenvalue weighted by Crippen LogP contribution is 2.30. The van der Waals surface area contributed by atoms with Crippen molar-refractivity contribution < 1.29 is 9.59 Å². The smallest absolute Gasteiger partial charge is 0.228 e. The highest BCUT2D eigenvalue weighted by atomic mass is 16.2. The summed E-state index contributed by atoms with van der Waals surface area (Å²) in [4.78, 5) is 33.7. The Bertz CT molecular complexity index is 822. The summed E-state index contributed by atoms with van der Waals surface area (Å²) < 4.78 is 0. The van der Waals surface area contributed by atoms with Gasteiger partial charge in [-0.1, -0.05) is 23.8 Å². The summed E-state index contributed by atoms with van der Waals surface area (Å²) >= 11 is 0. The number of pyridine rings is 1. The molecular formula is C21H24N4O2. The second-order valence-corrected chi connectivity index (χ2v) is 7.28. The summed E-state index contributed by atoms with van der Waals surface area (Å²) in [5.74, 6) is -0.213. The lowest BCUT2D eigenvalue weighted by Gasteiger charge is -2.37. The maximum atomic E-state index is 13.3. The first kappa shape index (κ1) is 17.7. The standard InChI is InChI=1S/C21H24N4O2/c1-15-4-6-18(7-5-15)25-14-17(11-20(25)26)21(27)24-10-9-23-13-19(24)16-3-2-8-22-12-16/h2-8,12,17,19,23H,9-11,13-14H2,1H3. The normalized spacial score (nSPS) is 22.9. The van der Waals surface area contributed by atoms with Crippen LogP contribution in [0.1, 0.15) is 23.6 Å². The quantitative estimate of drug-likeness (QED) is 0.904. The molecule has 6 heteroatoms. The van der Waals surface area contributed by atoms with Gasteiger partial charge in [-0.05, 0) is 30.7 Å². The predicted octanol–water partition coefficient (Wildman–Crippen LogP) is 1.92. The number of hydrogen-bond acceptors (Lipinski definition) is 4. The molecule has 1 aromatic carbocycles. The molecule has 2 saturated heterocycles. The van der Waals surface area contributed by atoms with E-state index in [1.807, 2.05) is 54.4 Å². The van der Waals surface area contributed by atoms with Gasteiger partial charge < -0.3 is 15.1 Å². The molecule has 27 heavy (non-hydrogen) atoms. The van der Waals surface area contributed by atoms with Crippen LogP contribution >= 0.6 is 0 Å². The molecule has 2 atom stereocenters. The first-order chi connectivity index (χ1) is 13.1. The summed E-state index contributed by atoms with van der Waals surface area (Å²) in [7, 11) is 0. The van der Waals surface area contributed by atoms with E-state index < -0.39 is 0 Å². The molecule has 0 aliphatic carbocycles. The Morgan fingerprint density at radius 3 is 2.78 bits per heavy atom. The SMILES string of the molecule is Cc1ccc(N2CC(C(=O)N3CCNCC3c3cccnc3)CC2=O)cc1. The van der Waals surface area contributed by atoms with Crippen LogP contribution in [0.5, 0.6) is 0 Å². The number of rotatable bonds is 3. The molecular weight excluding hydrogens is 340 g/mol. The molecule has 2 unspecified atom stereocenters. The molecule has 1 aromatic heterocycles. The van der Waals surface area contributed by atoms with Crippen molar-refractivity contribution in [1.29, 1.82) is 0 Å². The largest absolute Gasteiger partial charge is 0.333 e. The molecule has 4 rings (SSSR count). The highest BCUT2D eigenvalue weighted by molar-refractivity contribution is 6.00. The molecule has 2 aromatic rings. The van der Waals surface area contributed by atoms with Crippen molar-refractivity contribution in [2.24, 2.45) is 5.92 Å². The minimum absolute atomic E-state index is 0.0188. The number of benzene rings is 1. The van der Waals surface area contributed by atoms with Gasteiger partial charge in [0.25, 0.3) is 0 Å². The van der Waals surface area contributed by atoms with Crippen LogP contribution < -0.4 is 10.2 Å². The van der Waals surface area contributed by atoms with Crippen LogP contribution in [-0.4, -0.2) is 47.9 Å². The van der Waals surface area contributed by atoms with Crippen molar-refractivity contribution in [2.45, 2.75) is 19.4 Å². The number of nitrogens with one attached hydrogen (secondary N) is 1. The lowest BCUT2D eigenvalue weighted by Crippen LogP contribution is -2.50. The Kier molecular flexibility index (Phi) is 4.90. The van der Waals surface area contributed by atoms with Crippen LogP contribution in [-0.2, 0) is 9.59 Å². The van der Waals surface area contributed by atoms with Gasteiger partial charge in [0.1, 0.15) is 0 Å². The third-order valence-corrected chi connectivity index (χ3v) is 5.42. The number of aromatic nitrogens is 1. The summed E-state index contributed by atoms with van der Waals surface area (Å²) in [6, 6.07) is 11.7. The molecule has 0 saturated carbocycles. The molecule has 2 aliphatic rings. The van der Waals surface area contributed by atoms with E-state index in [9.17, 15) is 9.59 Å². The second-order valence-electron chi connectivity index (χ2n) is 7.28. The van der Waals surface area contributed by atoms with Crippen LogP contribution in [0.2, 0.25) is 0 Å². The van der Waals surface area contributed by atoms with Gasteiger partial charge in [0.2, 0.25) is 11.8 Å². The summed E-state index contributed by atoms with van der Waals surface area (Å²) in [6.07, 6.45) is 3.83. The molecule has 0 radical (unpaired) electrons. The molecule has 2 amide bonds. The summed E-state index contributed by atoms with van der Waals surface area (Å²) in [5, 5.41) is 3.36. The van der Waals surface area contributed by atoms with Gasteiger partial charge in [-0.3, -0.25) is 14.6 Å². The molecule has 3 heterocycles. The zero-order chi connectivity index (χ0) is 18.8. The van der Waals surface area contributed by atoms with E-state index in [0.717, 1.165) is 23.4 Å². The van der Waals surface area contributed by atoms with E-state index >= 15 is 0 Å². The molecule has 0 bridgehead atoms. The van der Waals surface area contributed by atoms with Gasteiger partial charge in [0, 0.05) is 50.7 Å². The Morgan fingerprint density at radius 2 is 2.04 bits per heavy atom. The van der Waals surface area contributed by atoms with Gasteiger partial charge in [-0.25, -0.2) is 0 Å². The van der Waals surface area contributed by atoms with E-state index in [4.69, 9.17) is 0 Å². The van der Waals surface area contributed by atoms with Crippen LogP contribution in [0.4, 0.5) is 5.69 Å². The average Bonchev–Trinajstić information content (AvgIpc) is 3.10. The van der Waals surface area contributed by atoms with Crippen molar-refractivity contribution >= 4 is 17.5 Å². The fourth-order valence-electron chi connectivity index (χ4n) is 3.92. The monoisotopic (exact) mass is 364 g/mol. The zero-order valence-corrected chi connectivity index (χ0v) is 15.5. The number of carbonyl (C=O) groups excluding carboxylic acids is 2. The number of nitrogens with zero attached hydrogens (tertiary/aromatic N) is 3. The predicted molar refractivity (Wildman–Crippen MR) is 103 cm³/mol. The van der Waals surface area contributed by atoms with Crippen LogP contribution in [0.25, 0.3) is 0 Å². The van der Waals surface area contributed by atoms with E-state index in [2.05, 4.69) is 10.3 Å². The number of aryl methyl sites for hydroxylation is 1. The van der Waals surface area contributed by atoms with Gasteiger partial charge in [-0.15, -0.1) is 0 Å². The number of anilines is 1. The van der Waals surface area contributed by atoms with E-state index in [-0.39, 0.29) is 30.2 Å². The number of amides is 2. The van der Waals surface area contributed by atoms with Crippen LogP contribution in [0.15, 0.2) is 48.8 Å². The van der Waals surface area contributed by atoms with Crippen molar-refractivity contribution in [3.63, 3.8) is 0 Å². The summed E-state index contributed by atoms with van der Waals surface area (Å²) in [6.45, 7) is 4.59. The molecule has 140 valence electrons. The topological polar surface area (TPSA) is 65.5 Å². The molecule has 2 aliphatic heterocycles. The first-order valence-electron chi connectivity index (χ1n) is 9.41. The van der Waals surface area contributed by atoms with Crippen LogP contribution in [0, 0.1) is 12.8 Å². The minimum atomic E-state index is -0.295. The fourth-order valence-corrected chi connectivity index (χ4v) is 3.92. The van der Waals surface area contributed by atoms with Crippen molar-refractivity contribution in [3.05, 3.63) is 59.9 Å². The third kappa shape index (κ3) is 3.57. The van der Waals surface area contributed by atoms with E-state index in [1.54, 1.807) is 11.1 Å². The maximum Gasteiger partial charge on any atom is 0.228 e. The Morgan fingerprint density at radius 1 is 1.22 bits per heavy atom. The number of hydrogen-bond donors (Lipinski definition) is 1. The molecule has 0 spiro atoms. The average molecular weight is 364 g/mol. The Hall–Kier alpha value is -2.73. The van der Waals surface area contributed by atoms with E-state index in [1.165, 1.54) is 0 Å². The molecule has 6 nitrogen and oxygen atoms in total. The van der Waals surface area contributed by atoms with Gasteiger partial charge >= 0.3 is 0 Å². The third-order valence-electron chi connectivity index (χ3n) is 5.42. The van der Waals surface area contributed by atoms with Crippen molar-refractivity contribution in [1.82, 2.24) is 15.2 Å². The molecule has 1 N–H and O–H groups in total. The van der Waals surface area contributed by atoms with Crippen LogP contribution in [0.3, 0.4) is 0 Å². The van der Waals surface area contributed by atoms with Gasteiger partial charge in [0.15, 0.2) is 0 Å². The fraction of sp³-hybridized carbons (Fsp3) is 0.381.